The van der Waals surface area contributed by atoms with Crippen LogP contribution < -0.4 is 15.5 Å². The monoisotopic (exact) mass is 437 g/mol. The van der Waals surface area contributed by atoms with Crippen LogP contribution in [0.2, 0.25) is 0 Å². The van der Waals surface area contributed by atoms with Gasteiger partial charge in [0.25, 0.3) is 5.91 Å². The van der Waals surface area contributed by atoms with E-state index in [2.05, 4.69) is 15.5 Å². The number of amidine groups is 1. The topological polar surface area (TPSA) is 90.3 Å². The number of methoxy groups -OCH3 is 1. The number of fused-ring (bicyclic) bond motifs is 1. The smallest absolute Gasteiger partial charge is 0.260 e. The molecule has 4 rings (SSSR count). The number of benzene rings is 1. The molecule has 1 saturated heterocycles. The first kappa shape index (κ1) is 22.7. The van der Waals surface area contributed by atoms with Gasteiger partial charge in [0.2, 0.25) is 0 Å². The van der Waals surface area contributed by atoms with E-state index >= 15 is 0 Å². The van der Waals surface area contributed by atoms with Gasteiger partial charge in [0.1, 0.15) is 5.82 Å². The van der Waals surface area contributed by atoms with Gasteiger partial charge in [-0.15, -0.1) is 0 Å². The van der Waals surface area contributed by atoms with E-state index in [1.165, 1.54) is 32.1 Å². The Labute approximate surface area is 190 Å². The minimum Gasteiger partial charge on any atom is -0.378 e. The van der Waals surface area contributed by atoms with E-state index in [0.717, 1.165) is 29.4 Å². The predicted octanol–water partition coefficient (Wildman–Crippen LogP) is 3.79. The Morgan fingerprint density at radius 2 is 1.97 bits per heavy atom. The SMILES string of the molecule is CO[C@@H]1CN(c2nc3ccc(C)cc3cc2C(=O)NC(C)=N)CC[C@@H]1NC1CCCCC1. The molecule has 1 aliphatic carbocycles. The number of carbonyl (C=O) groups excluding carboxylic acids is 1. The Morgan fingerprint density at radius 3 is 2.69 bits per heavy atom. The molecule has 7 nitrogen and oxygen atoms in total. The fourth-order valence-corrected chi connectivity index (χ4v) is 5.04. The molecule has 2 fully saturated rings. The van der Waals surface area contributed by atoms with Crippen LogP contribution in [-0.2, 0) is 4.74 Å². The summed E-state index contributed by atoms with van der Waals surface area (Å²) >= 11 is 0. The average Bonchev–Trinajstić information content (AvgIpc) is 2.78. The zero-order valence-electron chi connectivity index (χ0n) is 19.4. The minimum atomic E-state index is -0.292. The third kappa shape index (κ3) is 5.10. The molecule has 0 radical (unpaired) electrons. The molecule has 32 heavy (non-hydrogen) atoms. The lowest BCUT2D eigenvalue weighted by Gasteiger charge is -2.41. The summed E-state index contributed by atoms with van der Waals surface area (Å²) in [5, 5.41) is 15.1. The van der Waals surface area contributed by atoms with Crippen LogP contribution in [0, 0.1) is 12.3 Å². The van der Waals surface area contributed by atoms with E-state index in [0.29, 0.717) is 30.0 Å². The highest BCUT2D eigenvalue weighted by Gasteiger charge is 2.33. The Hall–Kier alpha value is -2.51. The number of anilines is 1. The molecule has 3 N–H and O–H groups in total. The van der Waals surface area contributed by atoms with Crippen LogP contribution in [0.3, 0.4) is 0 Å². The number of hydrogen-bond donors (Lipinski definition) is 3. The van der Waals surface area contributed by atoms with Crippen molar-refractivity contribution in [2.75, 3.05) is 25.1 Å². The molecule has 1 aliphatic heterocycles. The molecule has 0 bridgehead atoms. The Morgan fingerprint density at radius 1 is 1.19 bits per heavy atom. The van der Waals surface area contributed by atoms with Crippen molar-refractivity contribution in [2.45, 2.75) is 70.6 Å². The Balaban J connectivity index is 1.60. The van der Waals surface area contributed by atoms with E-state index in [9.17, 15) is 4.79 Å². The van der Waals surface area contributed by atoms with Gasteiger partial charge in [0.05, 0.1) is 23.0 Å². The second-order valence-electron chi connectivity index (χ2n) is 9.25. The molecule has 2 heterocycles. The number of carbonyl (C=O) groups is 1. The highest BCUT2D eigenvalue weighted by Crippen LogP contribution is 2.28. The number of rotatable bonds is 5. The van der Waals surface area contributed by atoms with Gasteiger partial charge in [-0.1, -0.05) is 30.9 Å². The van der Waals surface area contributed by atoms with E-state index in [1.807, 2.05) is 31.2 Å². The second-order valence-corrected chi connectivity index (χ2v) is 9.25. The van der Waals surface area contributed by atoms with E-state index < -0.39 is 0 Å². The van der Waals surface area contributed by atoms with Gasteiger partial charge in [0, 0.05) is 37.7 Å². The first-order chi connectivity index (χ1) is 15.4. The fraction of sp³-hybridized carbons (Fsp3) is 0.560. The maximum absolute atomic E-state index is 13.0. The van der Waals surface area contributed by atoms with Gasteiger partial charge >= 0.3 is 0 Å². The van der Waals surface area contributed by atoms with Crippen molar-refractivity contribution in [1.29, 1.82) is 5.41 Å². The van der Waals surface area contributed by atoms with Gasteiger partial charge in [-0.2, -0.15) is 0 Å². The standard InChI is InChI=1S/C25H35N5O2/c1-16-9-10-21-18(13-16)14-20(25(31)27-17(2)26)24(29-21)30-12-11-22(23(15-30)32-3)28-19-7-5-4-6-8-19/h9-10,13-14,19,22-23,28H,4-8,11-12,15H2,1-3H3,(H2,26,27,31)/t22-,23+/m0/s1. The summed E-state index contributed by atoms with van der Waals surface area (Å²) in [6.45, 7) is 5.08. The lowest BCUT2D eigenvalue weighted by Crippen LogP contribution is -2.56. The van der Waals surface area contributed by atoms with Crippen LogP contribution in [0.5, 0.6) is 0 Å². The van der Waals surface area contributed by atoms with Crippen molar-refractivity contribution in [3.63, 3.8) is 0 Å². The van der Waals surface area contributed by atoms with Crippen molar-refractivity contribution in [3.8, 4) is 0 Å². The molecular formula is C25H35N5O2. The predicted molar refractivity (Wildman–Crippen MR) is 129 cm³/mol. The lowest BCUT2D eigenvalue weighted by atomic mass is 9.92. The lowest BCUT2D eigenvalue weighted by molar-refractivity contribution is 0.0533. The van der Waals surface area contributed by atoms with Crippen molar-refractivity contribution < 1.29 is 9.53 Å². The summed E-state index contributed by atoms with van der Waals surface area (Å²) in [5.74, 6) is 0.494. The van der Waals surface area contributed by atoms with Crippen molar-refractivity contribution in [1.82, 2.24) is 15.6 Å². The fourth-order valence-electron chi connectivity index (χ4n) is 5.04. The number of pyridine rings is 1. The van der Waals surface area contributed by atoms with Crippen LogP contribution in [0.15, 0.2) is 24.3 Å². The van der Waals surface area contributed by atoms with Gasteiger partial charge in [0.15, 0.2) is 0 Å². The third-order valence-corrected chi connectivity index (χ3v) is 6.71. The number of hydrogen-bond acceptors (Lipinski definition) is 6. The number of nitrogens with zero attached hydrogens (tertiary/aromatic N) is 2. The molecule has 172 valence electrons. The van der Waals surface area contributed by atoms with Crippen LogP contribution in [0.4, 0.5) is 5.82 Å². The highest BCUT2D eigenvalue weighted by atomic mass is 16.5. The van der Waals surface area contributed by atoms with Gasteiger partial charge in [-0.25, -0.2) is 4.98 Å². The molecule has 1 aromatic carbocycles. The zero-order valence-corrected chi connectivity index (χ0v) is 19.4. The number of amides is 1. The van der Waals surface area contributed by atoms with Crippen LogP contribution in [-0.4, -0.2) is 55.1 Å². The molecule has 0 spiro atoms. The first-order valence-electron chi connectivity index (χ1n) is 11.8. The second kappa shape index (κ2) is 9.96. The molecule has 0 unspecified atom stereocenters. The maximum Gasteiger partial charge on any atom is 0.260 e. The highest BCUT2D eigenvalue weighted by molar-refractivity contribution is 6.09. The summed E-state index contributed by atoms with van der Waals surface area (Å²) < 4.78 is 5.90. The number of nitrogens with one attached hydrogen (secondary N) is 3. The number of aryl methyl sites for hydroxylation is 1. The van der Waals surface area contributed by atoms with Crippen molar-refractivity contribution in [2.24, 2.45) is 0 Å². The summed E-state index contributed by atoms with van der Waals surface area (Å²) in [7, 11) is 1.77. The summed E-state index contributed by atoms with van der Waals surface area (Å²) in [6, 6.07) is 8.87. The third-order valence-electron chi connectivity index (χ3n) is 6.71. The Kier molecular flexibility index (Phi) is 7.06. The molecular weight excluding hydrogens is 402 g/mol. The molecule has 7 heteroatoms. The molecule has 1 aromatic heterocycles. The average molecular weight is 438 g/mol. The number of aromatic nitrogens is 1. The van der Waals surface area contributed by atoms with Crippen LogP contribution in [0.1, 0.15) is 61.4 Å². The van der Waals surface area contributed by atoms with Crippen LogP contribution in [0.25, 0.3) is 10.9 Å². The van der Waals surface area contributed by atoms with E-state index in [-0.39, 0.29) is 17.8 Å². The van der Waals surface area contributed by atoms with Crippen LogP contribution >= 0.6 is 0 Å². The first-order valence-corrected chi connectivity index (χ1v) is 11.8. The minimum absolute atomic E-state index is 0.0292. The summed E-state index contributed by atoms with van der Waals surface area (Å²) in [5.41, 5.74) is 2.49. The van der Waals surface area contributed by atoms with E-state index in [1.54, 1.807) is 14.0 Å². The Bertz CT molecular complexity index is 986. The molecule has 1 amide bonds. The molecule has 1 saturated carbocycles. The molecule has 2 aliphatic rings. The van der Waals surface area contributed by atoms with E-state index in [4.69, 9.17) is 15.1 Å². The summed E-state index contributed by atoms with van der Waals surface area (Å²) in [4.78, 5) is 20.0. The number of piperidine rings is 1. The van der Waals surface area contributed by atoms with Crippen molar-refractivity contribution in [3.05, 3.63) is 35.4 Å². The normalized spacial score (nSPS) is 22.2. The summed E-state index contributed by atoms with van der Waals surface area (Å²) in [6.07, 6.45) is 7.41. The van der Waals surface area contributed by atoms with Crippen molar-refractivity contribution >= 4 is 28.5 Å². The molecule has 2 atom stereocenters. The zero-order chi connectivity index (χ0) is 22.7. The quantitative estimate of drug-likeness (QED) is 0.489. The van der Waals surface area contributed by atoms with Gasteiger partial charge in [-0.05, 0) is 51.3 Å². The maximum atomic E-state index is 13.0. The van der Waals surface area contributed by atoms with Gasteiger partial charge < -0.3 is 20.3 Å². The molecule has 2 aromatic rings. The van der Waals surface area contributed by atoms with Gasteiger partial charge in [-0.3, -0.25) is 10.2 Å². The largest absolute Gasteiger partial charge is 0.378 e. The number of ether oxygens (including phenoxy) is 1.